The summed E-state index contributed by atoms with van der Waals surface area (Å²) in [5.74, 6) is 1.87. The third-order valence-electron chi connectivity index (χ3n) is 4.26. The average molecular weight is 326 g/mol. The second-order valence-electron chi connectivity index (χ2n) is 5.57. The van der Waals surface area contributed by atoms with Crippen LogP contribution in [0.15, 0.2) is 16.6 Å². The van der Waals surface area contributed by atoms with E-state index < -0.39 is 0 Å². The van der Waals surface area contributed by atoms with Gasteiger partial charge >= 0.3 is 0 Å². The first kappa shape index (κ1) is 14.7. The molecule has 2 rings (SSSR count). The Morgan fingerprint density at radius 2 is 1.95 bits per heavy atom. The molecule has 1 aromatic carbocycles. The van der Waals surface area contributed by atoms with Gasteiger partial charge in [0.2, 0.25) is 0 Å². The van der Waals surface area contributed by atoms with E-state index in [0.717, 1.165) is 21.8 Å². The molecule has 1 aliphatic carbocycles. The number of benzene rings is 1. The molecule has 0 bridgehead atoms. The van der Waals surface area contributed by atoms with Crippen molar-refractivity contribution in [3.8, 4) is 5.75 Å². The van der Waals surface area contributed by atoms with Crippen molar-refractivity contribution in [2.24, 2.45) is 5.92 Å². The molecule has 0 saturated heterocycles. The molecule has 0 amide bonds. The van der Waals surface area contributed by atoms with Crippen molar-refractivity contribution in [2.45, 2.75) is 52.0 Å². The maximum atomic E-state index is 5.50. The zero-order valence-corrected chi connectivity index (χ0v) is 13.7. The van der Waals surface area contributed by atoms with Gasteiger partial charge in [0.25, 0.3) is 0 Å². The predicted molar refractivity (Wildman–Crippen MR) is 85.1 cm³/mol. The summed E-state index contributed by atoms with van der Waals surface area (Å²) in [6.45, 7) is 4.44. The van der Waals surface area contributed by atoms with E-state index in [1.54, 1.807) is 7.11 Å². The highest BCUT2D eigenvalue weighted by Gasteiger charge is 2.21. The Morgan fingerprint density at radius 1 is 1.26 bits per heavy atom. The van der Waals surface area contributed by atoms with Gasteiger partial charge in [-0.15, -0.1) is 0 Å². The zero-order valence-electron chi connectivity index (χ0n) is 12.1. The van der Waals surface area contributed by atoms with E-state index in [2.05, 4.69) is 41.2 Å². The summed E-state index contributed by atoms with van der Waals surface area (Å²) in [6, 6.07) is 4.77. The van der Waals surface area contributed by atoms with Gasteiger partial charge in [-0.2, -0.15) is 0 Å². The summed E-state index contributed by atoms with van der Waals surface area (Å²) in [7, 11) is 1.74. The third-order valence-corrected chi connectivity index (χ3v) is 4.71. The lowest BCUT2D eigenvalue weighted by Crippen LogP contribution is -2.26. The van der Waals surface area contributed by atoms with Crippen LogP contribution < -0.4 is 10.1 Å². The third kappa shape index (κ3) is 3.65. The second-order valence-corrected chi connectivity index (χ2v) is 6.49. The summed E-state index contributed by atoms with van der Waals surface area (Å²) in [6.07, 6.45) is 6.58. The molecule has 0 spiro atoms. The molecule has 0 aromatic heterocycles. The van der Waals surface area contributed by atoms with Gasteiger partial charge in [0.15, 0.2) is 0 Å². The molecule has 3 heteroatoms. The van der Waals surface area contributed by atoms with Crippen LogP contribution in [0.5, 0.6) is 5.75 Å². The molecule has 0 heterocycles. The van der Waals surface area contributed by atoms with E-state index in [4.69, 9.17) is 4.74 Å². The number of hydrogen-bond donors (Lipinski definition) is 1. The van der Waals surface area contributed by atoms with Crippen LogP contribution in [-0.2, 0) is 0 Å². The van der Waals surface area contributed by atoms with Crippen LogP contribution in [0.4, 0.5) is 5.69 Å². The van der Waals surface area contributed by atoms with Crippen LogP contribution in [0.3, 0.4) is 0 Å². The normalized spacial score (nSPS) is 23.2. The number of hydrogen-bond acceptors (Lipinski definition) is 2. The van der Waals surface area contributed by atoms with Gasteiger partial charge in [-0.25, -0.2) is 0 Å². The lowest BCUT2D eigenvalue weighted by Gasteiger charge is -2.30. The average Bonchev–Trinajstić information content (AvgIpc) is 2.42. The highest BCUT2D eigenvalue weighted by molar-refractivity contribution is 9.10. The van der Waals surface area contributed by atoms with Gasteiger partial charge in [0, 0.05) is 10.5 Å². The fourth-order valence-corrected chi connectivity index (χ4v) is 3.53. The molecule has 0 aliphatic heterocycles. The number of aryl methyl sites for hydroxylation is 1. The maximum absolute atomic E-state index is 5.50. The Labute approximate surface area is 125 Å². The number of anilines is 1. The minimum atomic E-state index is 0.594. The summed E-state index contributed by atoms with van der Waals surface area (Å²) in [4.78, 5) is 0. The molecule has 0 atom stereocenters. The summed E-state index contributed by atoms with van der Waals surface area (Å²) >= 11 is 3.52. The Bertz CT molecular complexity index is 425. The fourth-order valence-electron chi connectivity index (χ4n) is 2.98. The van der Waals surface area contributed by atoms with Crippen LogP contribution in [0.1, 0.15) is 44.6 Å². The number of nitrogens with one attached hydrogen (secondary N) is 1. The Hall–Kier alpha value is -0.700. The van der Waals surface area contributed by atoms with E-state index in [0.29, 0.717) is 6.04 Å². The summed E-state index contributed by atoms with van der Waals surface area (Å²) in [5, 5.41) is 3.69. The molecular formula is C16H24BrNO. The Morgan fingerprint density at radius 3 is 2.53 bits per heavy atom. The predicted octanol–water partition coefficient (Wildman–Crippen LogP) is 5.15. The zero-order chi connectivity index (χ0) is 13.8. The van der Waals surface area contributed by atoms with Crippen molar-refractivity contribution in [3.63, 3.8) is 0 Å². The molecule has 106 valence electrons. The summed E-state index contributed by atoms with van der Waals surface area (Å²) in [5.41, 5.74) is 2.40. The van der Waals surface area contributed by atoms with Crippen LogP contribution in [-0.4, -0.2) is 13.2 Å². The first-order chi connectivity index (χ1) is 9.13. The van der Waals surface area contributed by atoms with Gasteiger partial charge < -0.3 is 10.1 Å². The summed E-state index contributed by atoms with van der Waals surface area (Å²) < 4.78 is 6.57. The number of rotatable bonds is 4. The van der Waals surface area contributed by atoms with Crippen LogP contribution in [0, 0.1) is 12.8 Å². The van der Waals surface area contributed by atoms with Crippen LogP contribution >= 0.6 is 15.9 Å². The standard InChI is InChI=1S/C16H24BrNO/c1-4-12-5-7-14(8-6-12)18-16-11(2)9-13(17)10-15(16)19-3/h9-10,12,14,18H,4-8H2,1-3H3. The van der Waals surface area contributed by atoms with E-state index in [1.807, 2.05) is 6.07 Å². The maximum Gasteiger partial charge on any atom is 0.143 e. The van der Waals surface area contributed by atoms with Gasteiger partial charge in [0.1, 0.15) is 5.75 Å². The molecule has 1 saturated carbocycles. The first-order valence-electron chi connectivity index (χ1n) is 7.24. The van der Waals surface area contributed by atoms with Crippen molar-refractivity contribution in [3.05, 3.63) is 22.2 Å². The van der Waals surface area contributed by atoms with E-state index in [-0.39, 0.29) is 0 Å². The molecule has 1 aliphatic rings. The van der Waals surface area contributed by atoms with Crippen LogP contribution in [0.2, 0.25) is 0 Å². The van der Waals surface area contributed by atoms with Gasteiger partial charge in [-0.05, 0) is 56.2 Å². The molecule has 1 N–H and O–H groups in total. The highest BCUT2D eigenvalue weighted by Crippen LogP contribution is 2.35. The topological polar surface area (TPSA) is 21.3 Å². The van der Waals surface area contributed by atoms with Gasteiger partial charge in [-0.3, -0.25) is 0 Å². The molecule has 19 heavy (non-hydrogen) atoms. The quantitative estimate of drug-likeness (QED) is 0.826. The highest BCUT2D eigenvalue weighted by atomic mass is 79.9. The Balaban J connectivity index is 2.07. The lowest BCUT2D eigenvalue weighted by atomic mass is 9.84. The molecular weight excluding hydrogens is 302 g/mol. The number of halogens is 1. The van der Waals surface area contributed by atoms with Crippen molar-refractivity contribution < 1.29 is 4.74 Å². The molecule has 1 aromatic rings. The van der Waals surface area contributed by atoms with Crippen molar-refractivity contribution in [1.82, 2.24) is 0 Å². The molecule has 0 unspecified atom stereocenters. The van der Waals surface area contributed by atoms with Crippen LogP contribution in [0.25, 0.3) is 0 Å². The van der Waals surface area contributed by atoms with E-state index in [1.165, 1.54) is 37.7 Å². The lowest BCUT2D eigenvalue weighted by molar-refractivity contribution is 0.329. The molecule has 0 radical (unpaired) electrons. The monoisotopic (exact) mass is 325 g/mol. The number of methoxy groups -OCH3 is 1. The van der Waals surface area contributed by atoms with Gasteiger partial charge in [0.05, 0.1) is 12.8 Å². The van der Waals surface area contributed by atoms with E-state index in [9.17, 15) is 0 Å². The minimum Gasteiger partial charge on any atom is -0.495 e. The Kier molecular flexibility index (Phi) is 5.14. The van der Waals surface area contributed by atoms with Gasteiger partial charge in [-0.1, -0.05) is 29.3 Å². The first-order valence-corrected chi connectivity index (χ1v) is 8.04. The van der Waals surface area contributed by atoms with Crippen molar-refractivity contribution in [1.29, 1.82) is 0 Å². The molecule has 2 nitrogen and oxygen atoms in total. The fraction of sp³-hybridized carbons (Fsp3) is 0.625. The molecule has 1 fully saturated rings. The van der Waals surface area contributed by atoms with Crippen molar-refractivity contribution >= 4 is 21.6 Å². The smallest absolute Gasteiger partial charge is 0.143 e. The number of ether oxygens (including phenoxy) is 1. The van der Waals surface area contributed by atoms with Crippen molar-refractivity contribution in [2.75, 3.05) is 12.4 Å². The largest absolute Gasteiger partial charge is 0.495 e. The second kappa shape index (κ2) is 6.65. The minimum absolute atomic E-state index is 0.594. The van der Waals surface area contributed by atoms with E-state index >= 15 is 0 Å². The SMILES string of the molecule is CCC1CCC(Nc2c(C)cc(Br)cc2OC)CC1.